The van der Waals surface area contributed by atoms with Crippen molar-refractivity contribution in [2.45, 2.75) is 18.8 Å². The molecular weight excluding hydrogens is 316 g/mol. The maximum atomic E-state index is 14.6. The molecule has 1 saturated heterocycles. The number of benzene rings is 1. The van der Waals surface area contributed by atoms with E-state index in [-0.39, 0.29) is 18.4 Å². The van der Waals surface area contributed by atoms with Gasteiger partial charge in [0.25, 0.3) is 0 Å². The minimum absolute atomic E-state index is 0.0666. The molecule has 0 spiro atoms. The van der Waals surface area contributed by atoms with E-state index in [1.807, 2.05) is 11.9 Å². The maximum Gasteiger partial charge on any atom is 0.227 e. The lowest BCUT2D eigenvalue weighted by molar-refractivity contribution is -0.122. The van der Waals surface area contributed by atoms with Gasteiger partial charge < -0.3 is 19.9 Å². The highest BCUT2D eigenvalue weighted by molar-refractivity contribution is 5.84. The number of likely N-dealkylation sites (N-methyl/N-ethyl adjacent to an activating group) is 2. The smallest absolute Gasteiger partial charge is 0.227 e. The molecule has 1 aliphatic rings. The molecular formula is C17H23F2N3O2. The first kappa shape index (κ1) is 18.3. The zero-order valence-corrected chi connectivity index (χ0v) is 14.0. The van der Waals surface area contributed by atoms with Crippen molar-refractivity contribution in [1.29, 1.82) is 0 Å². The second-order valence-electron chi connectivity index (χ2n) is 6.02. The van der Waals surface area contributed by atoms with Crippen molar-refractivity contribution in [1.82, 2.24) is 10.2 Å². The molecule has 2 rings (SSSR count). The van der Waals surface area contributed by atoms with Gasteiger partial charge >= 0.3 is 0 Å². The number of piperazine rings is 1. The first-order chi connectivity index (χ1) is 11.5. The van der Waals surface area contributed by atoms with Gasteiger partial charge in [-0.2, -0.15) is 0 Å². The van der Waals surface area contributed by atoms with Gasteiger partial charge in [-0.05, 0) is 25.6 Å². The molecule has 1 heterocycles. The minimum atomic E-state index is -1.01. The zero-order chi connectivity index (χ0) is 17.7. The van der Waals surface area contributed by atoms with Gasteiger partial charge in [0, 0.05) is 50.9 Å². The summed E-state index contributed by atoms with van der Waals surface area (Å²) in [6.07, 6.45) is 0.784. The Morgan fingerprint density at radius 3 is 2.33 bits per heavy atom. The number of carbonyl (C=O) groups is 2. The first-order valence-corrected chi connectivity index (χ1v) is 8.05. The van der Waals surface area contributed by atoms with E-state index < -0.39 is 23.5 Å². The quantitative estimate of drug-likeness (QED) is 0.799. The van der Waals surface area contributed by atoms with Crippen LogP contribution in [0, 0.1) is 11.6 Å². The van der Waals surface area contributed by atoms with Gasteiger partial charge in [-0.1, -0.05) is 0 Å². The van der Waals surface area contributed by atoms with Crippen LogP contribution in [0.4, 0.5) is 14.5 Å². The van der Waals surface area contributed by atoms with Crippen LogP contribution in [-0.4, -0.2) is 57.4 Å². The fourth-order valence-electron chi connectivity index (χ4n) is 2.97. The van der Waals surface area contributed by atoms with E-state index in [0.29, 0.717) is 25.1 Å². The molecule has 1 amide bonds. The normalized spacial score (nSPS) is 16.8. The second-order valence-corrected chi connectivity index (χ2v) is 6.02. The Balaban J connectivity index is 2.30. The SMILES string of the molecule is CNC(=O)C(CCC=O)c1c(F)cc(N2CCN(C)CC2)cc1F. The van der Waals surface area contributed by atoms with Crippen molar-refractivity contribution >= 4 is 17.9 Å². The number of nitrogens with one attached hydrogen (secondary N) is 1. The van der Waals surface area contributed by atoms with Crippen LogP contribution in [0.15, 0.2) is 12.1 Å². The van der Waals surface area contributed by atoms with Crippen LogP contribution in [-0.2, 0) is 9.59 Å². The lowest BCUT2D eigenvalue weighted by Crippen LogP contribution is -2.44. The fraction of sp³-hybridized carbons (Fsp3) is 0.529. The average Bonchev–Trinajstić information content (AvgIpc) is 2.57. The van der Waals surface area contributed by atoms with Crippen LogP contribution in [0.25, 0.3) is 0 Å². The summed E-state index contributed by atoms with van der Waals surface area (Å²) in [7, 11) is 3.41. The molecule has 1 unspecified atom stereocenters. The highest BCUT2D eigenvalue weighted by atomic mass is 19.1. The third-order valence-electron chi connectivity index (χ3n) is 4.42. The number of aldehydes is 1. The summed E-state index contributed by atoms with van der Waals surface area (Å²) >= 11 is 0. The van der Waals surface area contributed by atoms with Crippen molar-refractivity contribution in [3.63, 3.8) is 0 Å². The number of amides is 1. The number of hydrogen-bond acceptors (Lipinski definition) is 4. The predicted octanol–water partition coefficient (Wildman–Crippen LogP) is 1.53. The molecule has 0 bridgehead atoms. The second kappa shape index (κ2) is 8.19. The molecule has 1 aliphatic heterocycles. The Labute approximate surface area is 140 Å². The molecule has 0 aliphatic carbocycles. The van der Waals surface area contributed by atoms with Crippen LogP contribution in [0.2, 0.25) is 0 Å². The van der Waals surface area contributed by atoms with Crippen molar-refractivity contribution in [3.05, 3.63) is 29.3 Å². The van der Waals surface area contributed by atoms with Gasteiger partial charge in [0.15, 0.2) is 0 Å². The summed E-state index contributed by atoms with van der Waals surface area (Å²) in [6.45, 7) is 3.04. The lowest BCUT2D eigenvalue weighted by Gasteiger charge is -2.34. The van der Waals surface area contributed by atoms with Gasteiger partial charge in [0.05, 0.1) is 5.92 Å². The van der Waals surface area contributed by atoms with Gasteiger partial charge in [0.2, 0.25) is 5.91 Å². The fourth-order valence-corrected chi connectivity index (χ4v) is 2.97. The Morgan fingerprint density at radius 2 is 1.83 bits per heavy atom. The highest BCUT2D eigenvalue weighted by Crippen LogP contribution is 2.31. The molecule has 24 heavy (non-hydrogen) atoms. The summed E-state index contributed by atoms with van der Waals surface area (Å²) in [4.78, 5) is 26.6. The Bertz CT molecular complexity index is 578. The van der Waals surface area contributed by atoms with E-state index in [4.69, 9.17) is 0 Å². The molecule has 0 saturated carbocycles. The van der Waals surface area contributed by atoms with Crippen molar-refractivity contribution in [3.8, 4) is 0 Å². The van der Waals surface area contributed by atoms with E-state index in [1.165, 1.54) is 19.2 Å². The minimum Gasteiger partial charge on any atom is -0.369 e. The molecule has 1 N–H and O–H groups in total. The van der Waals surface area contributed by atoms with Crippen LogP contribution in [0.1, 0.15) is 24.3 Å². The predicted molar refractivity (Wildman–Crippen MR) is 88.2 cm³/mol. The number of nitrogens with zero attached hydrogens (tertiary/aromatic N) is 2. The summed E-state index contributed by atoms with van der Waals surface area (Å²) in [5.41, 5.74) is 0.210. The molecule has 0 aromatic heterocycles. The molecule has 1 atom stereocenters. The number of rotatable bonds is 6. The van der Waals surface area contributed by atoms with E-state index in [9.17, 15) is 18.4 Å². The molecule has 132 valence electrons. The third-order valence-corrected chi connectivity index (χ3v) is 4.42. The molecule has 5 nitrogen and oxygen atoms in total. The first-order valence-electron chi connectivity index (χ1n) is 8.05. The standard InChI is InChI=1S/C17H23F2N3O2/c1-20-17(24)13(4-3-9-23)16-14(18)10-12(11-15(16)19)22-7-5-21(2)6-8-22/h9-11,13H,3-8H2,1-2H3,(H,20,24). The number of anilines is 1. The molecule has 7 heteroatoms. The van der Waals surface area contributed by atoms with Crippen molar-refractivity contribution in [2.24, 2.45) is 0 Å². The number of halogens is 2. The molecule has 1 aromatic carbocycles. The van der Waals surface area contributed by atoms with Crippen LogP contribution < -0.4 is 10.2 Å². The van der Waals surface area contributed by atoms with Gasteiger partial charge in [0.1, 0.15) is 17.9 Å². The van der Waals surface area contributed by atoms with Gasteiger partial charge in [-0.15, -0.1) is 0 Å². The van der Waals surface area contributed by atoms with Crippen LogP contribution in [0.3, 0.4) is 0 Å². The van der Waals surface area contributed by atoms with E-state index in [2.05, 4.69) is 10.2 Å². The highest BCUT2D eigenvalue weighted by Gasteiger charge is 2.27. The molecule has 1 aromatic rings. The number of hydrogen-bond donors (Lipinski definition) is 1. The Kier molecular flexibility index (Phi) is 6.25. The largest absolute Gasteiger partial charge is 0.369 e. The maximum absolute atomic E-state index is 14.6. The monoisotopic (exact) mass is 339 g/mol. The van der Waals surface area contributed by atoms with Gasteiger partial charge in [-0.3, -0.25) is 4.79 Å². The summed E-state index contributed by atoms with van der Waals surface area (Å²) < 4.78 is 29.1. The van der Waals surface area contributed by atoms with E-state index in [0.717, 1.165) is 13.1 Å². The summed E-state index contributed by atoms with van der Waals surface area (Å²) in [6, 6.07) is 2.56. The molecule has 0 radical (unpaired) electrons. The van der Waals surface area contributed by atoms with Crippen LogP contribution >= 0.6 is 0 Å². The summed E-state index contributed by atoms with van der Waals surface area (Å²) in [5, 5.41) is 2.41. The topological polar surface area (TPSA) is 52.7 Å². The Morgan fingerprint density at radius 1 is 1.25 bits per heavy atom. The third kappa shape index (κ3) is 4.08. The Hall–Kier alpha value is -2.02. The zero-order valence-electron chi connectivity index (χ0n) is 14.0. The van der Waals surface area contributed by atoms with E-state index >= 15 is 0 Å². The van der Waals surface area contributed by atoms with Crippen molar-refractivity contribution < 1.29 is 18.4 Å². The average molecular weight is 339 g/mol. The lowest BCUT2D eigenvalue weighted by atomic mass is 9.92. The van der Waals surface area contributed by atoms with E-state index in [1.54, 1.807) is 0 Å². The van der Waals surface area contributed by atoms with Gasteiger partial charge in [-0.25, -0.2) is 8.78 Å². The molecule has 1 fully saturated rings. The summed E-state index contributed by atoms with van der Waals surface area (Å²) in [5.74, 6) is -3.00. The van der Waals surface area contributed by atoms with Crippen LogP contribution in [0.5, 0.6) is 0 Å². The van der Waals surface area contributed by atoms with Crippen molar-refractivity contribution in [2.75, 3.05) is 45.2 Å². The number of carbonyl (C=O) groups excluding carboxylic acids is 2.